The minimum atomic E-state index is -0.769. The average Bonchev–Trinajstić information content (AvgIpc) is 3.06. The van der Waals surface area contributed by atoms with Crippen LogP contribution in [0.2, 0.25) is 0 Å². The van der Waals surface area contributed by atoms with Gasteiger partial charge in [0.1, 0.15) is 6.61 Å². The minimum Gasteiger partial charge on any atom is -0.462 e. The fourth-order valence-corrected chi connectivity index (χ4v) is 4.99. The van der Waals surface area contributed by atoms with Crippen molar-refractivity contribution in [2.75, 3.05) is 13.2 Å². The third-order valence-corrected chi connectivity index (χ3v) is 7.83. The lowest BCUT2D eigenvalue weighted by molar-refractivity contribution is -0.161. The van der Waals surface area contributed by atoms with E-state index in [2.05, 4.69) is 74.6 Å². The summed E-state index contributed by atoms with van der Waals surface area (Å²) in [6.07, 6.45) is 47.5. The number of ether oxygens (including phenoxy) is 2. The lowest BCUT2D eigenvalue weighted by Crippen LogP contribution is -2.28. The van der Waals surface area contributed by atoms with Gasteiger partial charge in [0.25, 0.3) is 0 Å². The van der Waals surface area contributed by atoms with E-state index < -0.39 is 6.10 Å². The van der Waals surface area contributed by atoms with Crippen molar-refractivity contribution in [3.05, 3.63) is 60.8 Å². The van der Waals surface area contributed by atoms with Gasteiger partial charge in [-0.2, -0.15) is 0 Å². The first-order chi connectivity index (χ1) is 22.6. The maximum Gasteiger partial charge on any atom is 0.306 e. The molecule has 0 amide bonds. The zero-order valence-electron chi connectivity index (χ0n) is 29.8. The summed E-state index contributed by atoms with van der Waals surface area (Å²) in [5, 5.41) is 9.46. The maximum absolute atomic E-state index is 12.1. The Hall–Kier alpha value is -2.40. The second kappa shape index (κ2) is 37.1. The predicted molar refractivity (Wildman–Crippen MR) is 196 cm³/mol. The molecule has 0 rings (SSSR count). The first kappa shape index (κ1) is 43.6. The van der Waals surface area contributed by atoms with E-state index in [0.29, 0.717) is 12.8 Å². The first-order valence-corrected chi connectivity index (χ1v) is 18.8. The Labute approximate surface area is 283 Å². The number of aliphatic hydroxyl groups excluding tert-OH is 1. The highest BCUT2D eigenvalue weighted by molar-refractivity contribution is 5.70. The summed E-state index contributed by atoms with van der Waals surface area (Å²) in [6.45, 7) is 3.92. The van der Waals surface area contributed by atoms with Crippen LogP contribution in [0, 0.1) is 0 Å². The lowest BCUT2D eigenvalue weighted by Gasteiger charge is -2.15. The summed E-state index contributed by atoms with van der Waals surface area (Å²) in [5.41, 5.74) is 0. The fraction of sp³-hybridized carbons (Fsp3) is 0.707. The zero-order chi connectivity index (χ0) is 33.6. The highest BCUT2D eigenvalue weighted by atomic mass is 16.6. The van der Waals surface area contributed by atoms with Gasteiger partial charge in [0.2, 0.25) is 0 Å². The Morgan fingerprint density at radius 3 is 1.41 bits per heavy atom. The summed E-state index contributed by atoms with van der Waals surface area (Å²) in [5.74, 6) is -0.612. The molecule has 0 fully saturated rings. The molecule has 0 heterocycles. The van der Waals surface area contributed by atoms with Gasteiger partial charge in [0.05, 0.1) is 6.61 Å². The molecule has 0 aliphatic heterocycles. The molecule has 0 aromatic rings. The van der Waals surface area contributed by atoms with Crippen LogP contribution in [-0.2, 0) is 19.1 Å². The Morgan fingerprint density at radius 2 is 0.935 bits per heavy atom. The second-order valence-corrected chi connectivity index (χ2v) is 12.3. The van der Waals surface area contributed by atoms with Crippen LogP contribution in [0.25, 0.3) is 0 Å². The van der Waals surface area contributed by atoms with Gasteiger partial charge in [-0.15, -0.1) is 0 Å². The van der Waals surface area contributed by atoms with Gasteiger partial charge in [-0.25, -0.2) is 0 Å². The number of esters is 2. The Kier molecular flexibility index (Phi) is 35.1. The van der Waals surface area contributed by atoms with Crippen molar-refractivity contribution >= 4 is 11.9 Å². The molecule has 0 saturated carbocycles. The molecule has 0 aromatic heterocycles. The highest BCUT2D eigenvalue weighted by Gasteiger charge is 2.16. The molecular formula is C41H70O5. The van der Waals surface area contributed by atoms with E-state index in [4.69, 9.17) is 9.47 Å². The Bertz CT molecular complexity index is 823. The van der Waals surface area contributed by atoms with Crippen molar-refractivity contribution in [3.63, 3.8) is 0 Å². The normalized spacial score (nSPS) is 12.8. The molecule has 1 atom stereocenters. The molecule has 0 spiro atoms. The van der Waals surface area contributed by atoms with E-state index in [9.17, 15) is 14.7 Å². The van der Waals surface area contributed by atoms with Crippen molar-refractivity contribution in [2.24, 2.45) is 0 Å². The van der Waals surface area contributed by atoms with E-state index in [1.165, 1.54) is 70.6 Å². The number of aliphatic hydroxyl groups is 1. The van der Waals surface area contributed by atoms with Gasteiger partial charge >= 0.3 is 11.9 Å². The number of rotatable bonds is 33. The largest absolute Gasteiger partial charge is 0.462 e. The molecule has 1 unspecified atom stereocenters. The van der Waals surface area contributed by atoms with Gasteiger partial charge in [0.15, 0.2) is 6.10 Å². The molecule has 46 heavy (non-hydrogen) atoms. The molecule has 0 saturated heterocycles. The Morgan fingerprint density at radius 1 is 0.522 bits per heavy atom. The van der Waals surface area contributed by atoms with Crippen molar-refractivity contribution in [1.82, 2.24) is 0 Å². The van der Waals surface area contributed by atoms with Crippen molar-refractivity contribution in [1.29, 1.82) is 0 Å². The monoisotopic (exact) mass is 643 g/mol. The van der Waals surface area contributed by atoms with Crippen LogP contribution in [0.1, 0.15) is 168 Å². The summed E-state index contributed by atoms with van der Waals surface area (Å²) in [6, 6.07) is 0. The summed E-state index contributed by atoms with van der Waals surface area (Å²) >= 11 is 0. The van der Waals surface area contributed by atoms with Crippen LogP contribution < -0.4 is 0 Å². The first-order valence-electron chi connectivity index (χ1n) is 18.8. The SMILES string of the molecule is CC/C=C\C/C=C\C/C=C\C/C=C\C/C=C\CCCCCCCCCCCCCC(=O)OC(CO)COC(=O)CCCCCCC. The topological polar surface area (TPSA) is 72.8 Å². The molecule has 0 aromatic carbocycles. The third-order valence-electron chi connectivity index (χ3n) is 7.83. The second-order valence-electron chi connectivity index (χ2n) is 12.3. The van der Waals surface area contributed by atoms with Crippen molar-refractivity contribution in [3.8, 4) is 0 Å². The molecule has 5 nitrogen and oxygen atoms in total. The van der Waals surface area contributed by atoms with Crippen LogP contribution in [0.15, 0.2) is 60.8 Å². The summed E-state index contributed by atoms with van der Waals surface area (Å²) < 4.78 is 10.5. The molecule has 0 bridgehead atoms. The maximum atomic E-state index is 12.1. The van der Waals surface area contributed by atoms with Crippen molar-refractivity contribution in [2.45, 2.75) is 174 Å². The highest BCUT2D eigenvalue weighted by Crippen LogP contribution is 2.13. The molecule has 0 aliphatic rings. The molecule has 264 valence electrons. The number of hydrogen-bond donors (Lipinski definition) is 1. The number of carbonyl (C=O) groups excluding carboxylic acids is 2. The van der Waals surface area contributed by atoms with Crippen molar-refractivity contribution < 1.29 is 24.2 Å². The summed E-state index contributed by atoms with van der Waals surface area (Å²) in [4.78, 5) is 23.9. The van der Waals surface area contributed by atoms with Gasteiger partial charge in [-0.1, -0.05) is 158 Å². The molecular weight excluding hydrogens is 572 g/mol. The quantitative estimate of drug-likeness (QED) is 0.0438. The Balaban J connectivity index is 3.50. The van der Waals surface area contributed by atoms with Crippen LogP contribution in [0.5, 0.6) is 0 Å². The third kappa shape index (κ3) is 34.5. The number of allylic oxidation sites excluding steroid dienone is 10. The number of hydrogen-bond acceptors (Lipinski definition) is 5. The fourth-order valence-electron chi connectivity index (χ4n) is 4.99. The van der Waals surface area contributed by atoms with Gasteiger partial charge < -0.3 is 14.6 Å². The zero-order valence-corrected chi connectivity index (χ0v) is 29.8. The molecule has 1 N–H and O–H groups in total. The lowest BCUT2D eigenvalue weighted by atomic mass is 10.0. The average molecular weight is 643 g/mol. The van der Waals surface area contributed by atoms with Gasteiger partial charge in [-0.3, -0.25) is 9.59 Å². The van der Waals surface area contributed by atoms with E-state index in [-0.39, 0.29) is 25.2 Å². The standard InChI is InChI=1S/C41H70O5/c1-3-5-7-9-10-11-12-13-14-15-16-17-18-19-20-21-22-23-24-25-26-27-28-29-30-32-34-36-41(44)46-39(37-42)38-45-40(43)35-33-31-8-6-4-2/h5,7,10-11,13-14,16-17,19-20,39,42H,3-4,6,8-9,12,15,18,21-38H2,1-2H3/b7-5-,11-10-,14-13-,17-16-,20-19-. The molecule has 0 aliphatic carbocycles. The van der Waals surface area contributed by atoms with E-state index in [1.807, 2.05) is 0 Å². The minimum absolute atomic E-state index is 0.0691. The number of unbranched alkanes of at least 4 members (excludes halogenated alkanes) is 15. The predicted octanol–water partition coefficient (Wildman–Crippen LogP) is 11.6. The van der Waals surface area contributed by atoms with Crippen LogP contribution >= 0.6 is 0 Å². The van der Waals surface area contributed by atoms with Crippen LogP contribution in [0.4, 0.5) is 0 Å². The smallest absolute Gasteiger partial charge is 0.306 e. The van der Waals surface area contributed by atoms with Gasteiger partial charge in [-0.05, 0) is 57.8 Å². The number of carbonyl (C=O) groups is 2. The van der Waals surface area contributed by atoms with E-state index in [1.54, 1.807) is 0 Å². The molecule has 5 heteroatoms. The van der Waals surface area contributed by atoms with Crippen LogP contribution in [-0.4, -0.2) is 36.4 Å². The van der Waals surface area contributed by atoms with Crippen LogP contribution in [0.3, 0.4) is 0 Å². The van der Waals surface area contributed by atoms with E-state index in [0.717, 1.165) is 70.6 Å². The van der Waals surface area contributed by atoms with E-state index >= 15 is 0 Å². The van der Waals surface area contributed by atoms with Gasteiger partial charge in [0, 0.05) is 12.8 Å². The summed E-state index contributed by atoms with van der Waals surface area (Å²) in [7, 11) is 0. The molecule has 0 radical (unpaired) electrons.